The summed E-state index contributed by atoms with van der Waals surface area (Å²) in [6, 6.07) is 5.74. The number of carbonyl (C=O) groups is 1. The number of ether oxygens (including phenoxy) is 1. The zero-order valence-corrected chi connectivity index (χ0v) is 14.0. The van der Waals surface area contributed by atoms with Crippen LogP contribution in [0.4, 0.5) is 0 Å². The van der Waals surface area contributed by atoms with Gasteiger partial charge >= 0.3 is 0 Å². The van der Waals surface area contributed by atoms with Crippen molar-refractivity contribution < 1.29 is 14.6 Å². The Bertz CT molecular complexity index is 539. The monoisotopic (exact) mass is 305 g/mol. The predicted octanol–water partition coefficient (Wildman–Crippen LogP) is 3.65. The minimum atomic E-state index is -0.460. The van der Waals surface area contributed by atoms with Gasteiger partial charge in [0, 0.05) is 18.9 Å². The molecule has 0 bridgehead atoms. The minimum absolute atomic E-state index is 0.0504. The highest BCUT2D eigenvalue weighted by Gasteiger charge is 2.34. The SMILES string of the molecule is CCCCC(O)c1ccc2c(c1)C(NC(C)=O)CC(C)(C)O2. The number of rotatable bonds is 5. The average Bonchev–Trinajstić information content (AvgIpc) is 2.42. The third kappa shape index (κ3) is 4.01. The van der Waals surface area contributed by atoms with Crippen LogP contribution >= 0.6 is 0 Å². The number of nitrogens with one attached hydrogen (secondary N) is 1. The summed E-state index contributed by atoms with van der Waals surface area (Å²) >= 11 is 0. The standard InChI is InChI=1S/C18H27NO3/c1-5-6-7-16(21)13-8-9-17-14(10-13)15(19-12(2)20)11-18(3,4)22-17/h8-10,15-16,21H,5-7,11H2,1-4H3,(H,19,20). The second-order valence-corrected chi connectivity index (χ2v) is 6.77. The van der Waals surface area contributed by atoms with Gasteiger partial charge in [0.2, 0.25) is 5.91 Å². The van der Waals surface area contributed by atoms with E-state index in [1.165, 1.54) is 6.92 Å². The largest absolute Gasteiger partial charge is 0.487 e. The maximum atomic E-state index is 11.5. The summed E-state index contributed by atoms with van der Waals surface area (Å²) in [4.78, 5) is 11.5. The highest BCUT2D eigenvalue weighted by Crippen LogP contribution is 2.40. The van der Waals surface area contributed by atoms with E-state index in [0.717, 1.165) is 36.1 Å². The van der Waals surface area contributed by atoms with Crippen LogP contribution in [0, 0.1) is 0 Å². The van der Waals surface area contributed by atoms with Gasteiger partial charge in [-0.3, -0.25) is 4.79 Å². The van der Waals surface area contributed by atoms with E-state index in [9.17, 15) is 9.90 Å². The Balaban J connectivity index is 2.30. The molecule has 1 aromatic rings. The van der Waals surface area contributed by atoms with Crippen LogP contribution < -0.4 is 10.1 Å². The van der Waals surface area contributed by atoms with E-state index in [0.29, 0.717) is 6.42 Å². The Kier molecular flexibility index (Phi) is 5.12. The van der Waals surface area contributed by atoms with Gasteiger partial charge < -0.3 is 15.2 Å². The molecule has 0 radical (unpaired) electrons. The molecule has 0 aromatic heterocycles. The van der Waals surface area contributed by atoms with Crippen molar-refractivity contribution in [2.75, 3.05) is 0 Å². The van der Waals surface area contributed by atoms with Crippen LogP contribution in [0.25, 0.3) is 0 Å². The molecule has 2 N–H and O–H groups in total. The first-order valence-corrected chi connectivity index (χ1v) is 8.10. The number of carbonyl (C=O) groups excluding carboxylic acids is 1. The van der Waals surface area contributed by atoms with E-state index in [1.54, 1.807) is 0 Å². The molecule has 2 rings (SSSR count). The van der Waals surface area contributed by atoms with Crippen LogP contribution in [0.15, 0.2) is 18.2 Å². The number of aliphatic hydroxyl groups is 1. The number of hydrogen-bond acceptors (Lipinski definition) is 3. The maximum Gasteiger partial charge on any atom is 0.217 e. The number of amides is 1. The van der Waals surface area contributed by atoms with Crippen molar-refractivity contribution in [1.82, 2.24) is 5.32 Å². The van der Waals surface area contributed by atoms with E-state index < -0.39 is 6.10 Å². The van der Waals surface area contributed by atoms with Crippen molar-refractivity contribution >= 4 is 5.91 Å². The number of fused-ring (bicyclic) bond motifs is 1. The van der Waals surface area contributed by atoms with Crippen LogP contribution in [0.3, 0.4) is 0 Å². The fraction of sp³-hybridized carbons (Fsp3) is 0.611. The number of unbranched alkanes of at least 4 members (excludes halogenated alkanes) is 1. The zero-order chi connectivity index (χ0) is 16.3. The molecule has 1 aliphatic heterocycles. The van der Waals surface area contributed by atoms with Crippen molar-refractivity contribution in [2.45, 2.75) is 71.1 Å². The van der Waals surface area contributed by atoms with Gasteiger partial charge in [-0.1, -0.05) is 25.8 Å². The molecule has 2 atom stereocenters. The first-order chi connectivity index (χ1) is 10.3. The molecule has 1 heterocycles. The first kappa shape index (κ1) is 16.8. The van der Waals surface area contributed by atoms with Gasteiger partial charge in [-0.15, -0.1) is 0 Å². The van der Waals surface area contributed by atoms with Crippen molar-refractivity contribution in [3.63, 3.8) is 0 Å². The quantitative estimate of drug-likeness (QED) is 0.873. The molecule has 2 unspecified atom stereocenters. The molecule has 0 aliphatic carbocycles. The summed E-state index contributed by atoms with van der Waals surface area (Å²) in [5.41, 5.74) is 1.54. The number of hydrogen-bond donors (Lipinski definition) is 2. The fourth-order valence-corrected chi connectivity index (χ4v) is 3.02. The van der Waals surface area contributed by atoms with E-state index in [4.69, 9.17) is 4.74 Å². The van der Waals surface area contributed by atoms with Crippen LogP contribution in [-0.2, 0) is 4.79 Å². The molecule has 0 saturated carbocycles. The van der Waals surface area contributed by atoms with Crippen molar-refractivity contribution in [3.8, 4) is 5.75 Å². The summed E-state index contributed by atoms with van der Waals surface area (Å²) in [6.07, 6.45) is 3.07. The van der Waals surface area contributed by atoms with Crippen LogP contribution in [0.5, 0.6) is 5.75 Å². The lowest BCUT2D eigenvalue weighted by atomic mass is 9.88. The predicted molar refractivity (Wildman–Crippen MR) is 86.8 cm³/mol. The molecular formula is C18H27NO3. The Morgan fingerprint density at radius 3 is 2.86 bits per heavy atom. The van der Waals surface area contributed by atoms with Gasteiger partial charge in [0.1, 0.15) is 11.4 Å². The maximum absolute atomic E-state index is 11.5. The fourth-order valence-electron chi connectivity index (χ4n) is 3.02. The molecule has 22 heavy (non-hydrogen) atoms. The number of aliphatic hydroxyl groups excluding tert-OH is 1. The lowest BCUT2D eigenvalue weighted by molar-refractivity contribution is -0.120. The molecule has 0 fully saturated rings. The van der Waals surface area contributed by atoms with Gasteiger partial charge in [0.05, 0.1) is 12.1 Å². The van der Waals surface area contributed by atoms with Gasteiger partial charge in [-0.25, -0.2) is 0 Å². The Morgan fingerprint density at radius 1 is 1.50 bits per heavy atom. The summed E-state index contributed by atoms with van der Waals surface area (Å²) in [5, 5.41) is 13.3. The Morgan fingerprint density at radius 2 is 2.23 bits per heavy atom. The second-order valence-electron chi connectivity index (χ2n) is 6.77. The molecule has 4 heteroatoms. The zero-order valence-electron chi connectivity index (χ0n) is 14.0. The van der Waals surface area contributed by atoms with Gasteiger partial charge in [0.25, 0.3) is 0 Å². The minimum Gasteiger partial charge on any atom is -0.487 e. The van der Waals surface area contributed by atoms with Gasteiger partial charge in [-0.2, -0.15) is 0 Å². The molecular weight excluding hydrogens is 278 g/mol. The van der Waals surface area contributed by atoms with Crippen LogP contribution in [0.1, 0.15) is 76.7 Å². The van der Waals surface area contributed by atoms with Gasteiger partial charge in [0.15, 0.2) is 0 Å². The first-order valence-electron chi connectivity index (χ1n) is 8.10. The van der Waals surface area contributed by atoms with Crippen LogP contribution in [0.2, 0.25) is 0 Å². The number of benzene rings is 1. The molecule has 0 saturated heterocycles. The van der Waals surface area contributed by atoms with Gasteiger partial charge in [-0.05, 0) is 38.0 Å². The molecule has 1 amide bonds. The average molecular weight is 305 g/mol. The summed E-state index contributed by atoms with van der Waals surface area (Å²) < 4.78 is 6.01. The Labute approximate surface area is 132 Å². The summed E-state index contributed by atoms with van der Waals surface area (Å²) in [5.74, 6) is 0.743. The van der Waals surface area contributed by atoms with Crippen LogP contribution in [-0.4, -0.2) is 16.6 Å². The molecule has 4 nitrogen and oxygen atoms in total. The smallest absolute Gasteiger partial charge is 0.217 e. The van der Waals surface area contributed by atoms with E-state index >= 15 is 0 Å². The third-order valence-corrected chi connectivity index (χ3v) is 4.08. The highest BCUT2D eigenvalue weighted by atomic mass is 16.5. The lowest BCUT2D eigenvalue weighted by Gasteiger charge is -2.38. The molecule has 122 valence electrons. The lowest BCUT2D eigenvalue weighted by Crippen LogP contribution is -2.40. The molecule has 1 aromatic carbocycles. The molecule has 0 spiro atoms. The topological polar surface area (TPSA) is 58.6 Å². The second kappa shape index (κ2) is 6.69. The van der Waals surface area contributed by atoms with E-state index in [2.05, 4.69) is 12.2 Å². The highest BCUT2D eigenvalue weighted by molar-refractivity contribution is 5.73. The molecule has 1 aliphatic rings. The van der Waals surface area contributed by atoms with Crippen molar-refractivity contribution in [2.24, 2.45) is 0 Å². The van der Waals surface area contributed by atoms with E-state index in [-0.39, 0.29) is 17.6 Å². The van der Waals surface area contributed by atoms with E-state index in [1.807, 2.05) is 32.0 Å². The van der Waals surface area contributed by atoms with Crippen molar-refractivity contribution in [3.05, 3.63) is 29.3 Å². The summed E-state index contributed by atoms with van der Waals surface area (Å²) in [7, 11) is 0. The Hall–Kier alpha value is -1.55. The van der Waals surface area contributed by atoms with Crippen molar-refractivity contribution in [1.29, 1.82) is 0 Å². The summed E-state index contributed by atoms with van der Waals surface area (Å²) in [6.45, 7) is 7.69. The third-order valence-electron chi connectivity index (χ3n) is 4.08. The normalized spacial score (nSPS) is 20.7.